The molecule has 0 saturated heterocycles. The second-order valence-electron chi connectivity index (χ2n) is 2.81. The van der Waals surface area contributed by atoms with Crippen LogP contribution in [0.25, 0.3) is 0 Å². The summed E-state index contributed by atoms with van der Waals surface area (Å²) in [7, 11) is -0.163. The SMILES string of the molecule is FNN(F)Bn1cccc1.c1ccncc1. The molecule has 0 atom stereocenters. The van der Waals surface area contributed by atoms with E-state index in [9.17, 15) is 8.96 Å². The second kappa shape index (κ2) is 7.55. The predicted molar refractivity (Wildman–Crippen MR) is 58.4 cm³/mol. The molecule has 7 heteroatoms. The zero-order valence-electron chi connectivity index (χ0n) is 8.50. The van der Waals surface area contributed by atoms with E-state index in [0.717, 1.165) is 5.65 Å². The minimum atomic E-state index is -0.167. The van der Waals surface area contributed by atoms with Crippen molar-refractivity contribution in [3.05, 3.63) is 55.1 Å². The summed E-state index contributed by atoms with van der Waals surface area (Å²) in [6.45, 7) is 0. The quantitative estimate of drug-likeness (QED) is 0.484. The van der Waals surface area contributed by atoms with Crippen molar-refractivity contribution in [2.75, 3.05) is 0 Å². The molecule has 0 aliphatic heterocycles. The van der Waals surface area contributed by atoms with Gasteiger partial charge >= 0.3 is 7.55 Å². The maximum atomic E-state index is 12.0. The zero-order chi connectivity index (χ0) is 11.6. The van der Waals surface area contributed by atoms with E-state index in [1.165, 1.54) is 4.48 Å². The molecule has 0 fully saturated rings. The van der Waals surface area contributed by atoms with Crippen molar-refractivity contribution >= 4 is 7.55 Å². The molecule has 0 aliphatic rings. The fourth-order valence-corrected chi connectivity index (χ4v) is 0.947. The first kappa shape index (κ1) is 12.3. The normalized spacial score (nSPS) is 9.44. The second-order valence-corrected chi connectivity index (χ2v) is 2.81. The molecule has 0 aromatic carbocycles. The molecule has 2 aromatic heterocycles. The van der Waals surface area contributed by atoms with Gasteiger partial charge in [0.25, 0.3) is 0 Å². The Bertz CT molecular complexity index is 330. The van der Waals surface area contributed by atoms with E-state index in [-0.39, 0.29) is 12.7 Å². The van der Waals surface area contributed by atoms with Gasteiger partial charge < -0.3 is 4.48 Å². The minimum absolute atomic E-state index is 0.163. The van der Waals surface area contributed by atoms with Crippen molar-refractivity contribution in [1.29, 1.82) is 0 Å². The Kier molecular flexibility index (Phi) is 5.83. The van der Waals surface area contributed by atoms with E-state index in [4.69, 9.17) is 0 Å². The Morgan fingerprint density at radius 3 is 2.06 bits per heavy atom. The van der Waals surface area contributed by atoms with Crippen molar-refractivity contribution in [2.45, 2.75) is 0 Å². The molecular weight excluding hydrogens is 213 g/mol. The number of pyridine rings is 1. The number of halogens is 2. The lowest BCUT2D eigenvalue weighted by molar-refractivity contribution is -0.0140. The molecule has 0 bridgehead atoms. The average molecular weight is 224 g/mol. The van der Waals surface area contributed by atoms with Crippen LogP contribution in [0.3, 0.4) is 0 Å². The van der Waals surface area contributed by atoms with E-state index in [0.29, 0.717) is 0 Å². The van der Waals surface area contributed by atoms with Gasteiger partial charge in [0.1, 0.15) is 0 Å². The monoisotopic (exact) mass is 224 g/mol. The van der Waals surface area contributed by atoms with Gasteiger partial charge in [0.15, 0.2) is 0 Å². The highest BCUT2D eigenvalue weighted by atomic mass is 19.2. The van der Waals surface area contributed by atoms with E-state index in [1.54, 1.807) is 36.9 Å². The van der Waals surface area contributed by atoms with Crippen molar-refractivity contribution in [2.24, 2.45) is 0 Å². The predicted octanol–water partition coefficient (Wildman–Crippen LogP) is 1.26. The Morgan fingerprint density at radius 1 is 1.06 bits per heavy atom. The van der Waals surface area contributed by atoms with Crippen molar-refractivity contribution in [3.8, 4) is 0 Å². The van der Waals surface area contributed by atoms with Crippen molar-refractivity contribution in [1.82, 2.24) is 20.3 Å². The summed E-state index contributed by atoms with van der Waals surface area (Å²) < 4.78 is 24.8. The summed E-state index contributed by atoms with van der Waals surface area (Å²) >= 11 is 0. The van der Waals surface area contributed by atoms with Gasteiger partial charge in [0.2, 0.25) is 0 Å². The summed E-state index contributed by atoms with van der Waals surface area (Å²) in [6.07, 6.45) is 6.76. The molecule has 2 aromatic rings. The largest absolute Gasteiger partial charge is 0.386 e. The van der Waals surface area contributed by atoms with Gasteiger partial charge in [0, 0.05) is 12.4 Å². The van der Waals surface area contributed by atoms with Crippen LogP contribution in [0.1, 0.15) is 0 Å². The molecule has 0 spiro atoms. The Labute approximate surface area is 92.6 Å². The molecule has 2 heterocycles. The van der Waals surface area contributed by atoms with E-state index in [1.807, 2.05) is 18.2 Å². The third-order valence-electron chi connectivity index (χ3n) is 1.61. The summed E-state index contributed by atoms with van der Waals surface area (Å²) in [5, 5.41) is -0.167. The first-order valence-corrected chi connectivity index (χ1v) is 4.58. The number of nitrogens with zero attached hydrogens (tertiary/aromatic N) is 3. The first-order valence-electron chi connectivity index (χ1n) is 4.58. The van der Waals surface area contributed by atoms with Crippen molar-refractivity contribution < 1.29 is 8.96 Å². The smallest absolute Gasteiger partial charge is 0.383 e. The number of hydrogen-bond acceptors (Lipinski definition) is 3. The molecule has 1 N–H and O–H groups in total. The van der Waals surface area contributed by atoms with Crippen LogP contribution in [0.15, 0.2) is 55.1 Å². The van der Waals surface area contributed by atoms with Crippen LogP contribution in [-0.4, -0.2) is 22.2 Å². The Balaban J connectivity index is 0.000000181. The minimum Gasteiger partial charge on any atom is -0.383 e. The van der Waals surface area contributed by atoms with Gasteiger partial charge in [-0.2, -0.15) is 0 Å². The fourth-order valence-electron chi connectivity index (χ4n) is 0.947. The third-order valence-corrected chi connectivity index (χ3v) is 1.61. The van der Waals surface area contributed by atoms with Crippen molar-refractivity contribution in [3.63, 3.8) is 0 Å². The van der Waals surface area contributed by atoms with Crippen LogP contribution in [0.5, 0.6) is 0 Å². The highest BCUT2D eigenvalue weighted by Crippen LogP contribution is 1.88. The van der Waals surface area contributed by atoms with E-state index in [2.05, 4.69) is 4.98 Å². The van der Waals surface area contributed by atoms with Gasteiger partial charge in [-0.1, -0.05) is 16.9 Å². The number of nitrogens with one attached hydrogen (secondary N) is 1. The lowest BCUT2D eigenvalue weighted by Gasteiger charge is -2.04. The number of hydrazine groups is 1. The lowest BCUT2D eigenvalue weighted by atomic mass is 10.2. The molecule has 4 nitrogen and oxygen atoms in total. The maximum Gasteiger partial charge on any atom is 0.386 e. The van der Waals surface area contributed by atoms with E-state index >= 15 is 0 Å². The van der Waals surface area contributed by atoms with Gasteiger partial charge in [-0.25, -0.2) is 0 Å². The molecule has 0 amide bonds. The highest BCUT2D eigenvalue weighted by molar-refractivity contribution is 6.29. The van der Waals surface area contributed by atoms with Gasteiger partial charge in [0.05, 0.1) is 0 Å². The topological polar surface area (TPSA) is 33.1 Å². The van der Waals surface area contributed by atoms with Gasteiger partial charge in [-0.05, 0) is 36.7 Å². The van der Waals surface area contributed by atoms with Crippen LogP contribution < -0.4 is 5.65 Å². The first-order chi connectivity index (χ1) is 7.83. The zero-order valence-corrected chi connectivity index (χ0v) is 8.50. The van der Waals surface area contributed by atoms with Crippen LogP contribution in [0.2, 0.25) is 0 Å². The number of aromatic nitrogens is 2. The number of hydrogen-bond donors (Lipinski definition) is 1. The molecule has 16 heavy (non-hydrogen) atoms. The van der Waals surface area contributed by atoms with Crippen LogP contribution in [0, 0.1) is 0 Å². The van der Waals surface area contributed by atoms with Crippen LogP contribution in [0.4, 0.5) is 8.96 Å². The van der Waals surface area contributed by atoms with Crippen LogP contribution in [-0.2, 0) is 0 Å². The van der Waals surface area contributed by atoms with Crippen LogP contribution >= 0.6 is 0 Å². The molecular formula is C9H11BF2N4. The van der Waals surface area contributed by atoms with Gasteiger partial charge in [-0.15, -0.1) is 8.96 Å². The average Bonchev–Trinajstić information content (AvgIpc) is 2.85. The molecule has 0 saturated carbocycles. The fraction of sp³-hybridized carbons (Fsp3) is 0. The molecule has 0 unspecified atom stereocenters. The Hall–Kier alpha value is -1.73. The number of rotatable bonds is 3. The molecule has 0 aliphatic carbocycles. The summed E-state index contributed by atoms with van der Waals surface area (Å²) in [4.78, 5) is 3.78. The standard InChI is InChI=1S/C5H5N.C4H6BF2N3/c1-2-4-6-5-3-1;6-8-10(7)5-9-3-1-2-4-9/h1-5H;1-5,8H. The summed E-state index contributed by atoms with van der Waals surface area (Å²) in [6, 6.07) is 9.17. The molecule has 84 valence electrons. The third kappa shape index (κ3) is 5.23. The summed E-state index contributed by atoms with van der Waals surface area (Å²) in [5.74, 6) is 0. The van der Waals surface area contributed by atoms with E-state index < -0.39 is 0 Å². The summed E-state index contributed by atoms with van der Waals surface area (Å²) in [5.41, 5.74) is 0.849. The molecule has 0 radical (unpaired) electrons. The Morgan fingerprint density at radius 2 is 1.69 bits per heavy atom. The van der Waals surface area contributed by atoms with Gasteiger partial charge in [-0.3, -0.25) is 4.98 Å². The highest BCUT2D eigenvalue weighted by Gasteiger charge is 2.03. The maximum absolute atomic E-state index is 12.0. The lowest BCUT2D eigenvalue weighted by Crippen LogP contribution is -2.31. The molecule has 2 rings (SSSR count).